The molecule has 5 heteroatoms. The molecule has 0 bridgehead atoms. The largest absolute Gasteiger partial charge is 0.317 e. The molecule has 1 saturated carbocycles. The van der Waals surface area contributed by atoms with Gasteiger partial charge >= 0.3 is 0 Å². The van der Waals surface area contributed by atoms with Crippen molar-refractivity contribution in [3.05, 3.63) is 0 Å². The number of hydrogen-bond acceptors (Lipinski definition) is 3. The zero-order valence-electron chi connectivity index (χ0n) is 9.46. The molecule has 1 aliphatic carbocycles. The van der Waals surface area contributed by atoms with Gasteiger partial charge in [-0.25, -0.2) is 13.1 Å². The van der Waals surface area contributed by atoms with Gasteiger partial charge in [-0.3, -0.25) is 0 Å². The summed E-state index contributed by atoms with van der Waals surface area (Å²) in [5, 5.41) is 3.04. The van der Waals surface area contributed by atoms with Crippen LogP contribution in [0, 0.1) is 0 Å². The number of nitrogens with one attached hydrogen (secondary N) is 2. The number of hydrogen-bond donors (Lipinski definition) is 2. The van der Waals surface area contributed by atoms with Crippen molar-refractivity contribution in [2.45, 2.75) is 44.3 Å². The molecule has 0 heterocycles. The van der Waals surface area contributed by atoms with Crippen molar-refractivity contribution in [1.82, 2.24) is 10.0 Å². The highest BCUT2D eigenvalue weighted by Crippen LogP contribution is 2.23. The highest BCUT2D eigenvalue weighted by Gasteiger charge is 2.27. The predicted octanol–water partition coefficient (Wildman–Crippen LogP) is 0.848. The Morgan fingerprint density at radius 1 is 1.20 bits per heavy atom. The standard InChI is InChI=1S/C10H22N2O2S/c1-2-11-8-5-9-12-15(13,14)10-6-3-4-7-10/h10-12H,2-9H2,1H3. The molecule has 0 aromatic carbocycles. The zero-order chi connectivity index (χ0) is 11.1. The van der Waals surface area contributed by atoms with Gasteiger partial charge in [0.1, 0.15) is 0 Å². The Hall–Kier alpha value is -0.130. The average Bonchev–Trinajstić information content (AvgIpc) is 2.70. The molecule has 0 spiro atoms. The molecular weight excluding hydrogens is 212 g/mol. The molecule has 0 aromatic rings. The third-order valence-corrected chi connectivity index (χ3v) is 4.78. The van der Waals surface area contributed by atoms with Crippen LogP contribution in [0.2, 0.25) is 0 Å². The van der Waals surface area contributed by atoms with Gasteiger partial charge in [-0.2, -0.15) is 0 Å². The van der Waals surface area contributed by atoms with Crippen molar-refractivity contribution in [3.8, 4) is 0 Å². The highest BCUT2D eigenvalue weighted by molar-refractivity contribution is 7.90. The first-order valence-corrected chi connectivity index (χ1v) is 7.40. The quantitative estimate of drug-likeness (QED) is 0.642. The van der Waals surface area contributed by atoms with Crippen LogP contribution in [-0.4, -0.2) is 33.3 Å². The van der Waals surface area contributed by atoms with Crippen LogP contribution in [0.3, 0.4) is 0 Å². The van der Waals surface area contributed by atoms with E-state index < -0.39 is 10.0 Å². The third kappa shape index (κ3) is 4.49. The molecule has 15 heavy (non-hydrogen) atoms. The zero-order valence-corrected chi connectivity index (χ0v) is 10.3. The SMILES string of the molecule is CCNCCCNS(=O)(=O)C1CCCC1. The molecule has 0 aliphatic heterocycles. The van der Waals surface area contributed by atoms with E-state index in [1.165, 1.54) is 0 Å². The van der Waals surface area contributed by atoms with Crippen LogP contribution in [0.15, 0.2) is 0 Å². The summed E-state index contributed by atoms with van der Waals surface area (Å²) in [4.78, 5) is 0. The Balaban J connectivity index is 2.18. The lowest BCUT2D eigenvalue weighted by Gasteiger charge is -2.12. The first-order valence-electron chi connectivity index (χ1n) is 5.86. The Morgan fingerprint density at radius 2 is 1.87 bits per heavy atom. The maximum Gasteiger partial charge on any atom is 0.214 e. The van der Waals surface area contributed by atoms with Crippen molar-refractivity contribution in [3.63, 3.8) is 0 Å². The van der Waals surface area contributed by atoms with Crippen LogP contribution in [0.25, 0.3) is 0 Å². The van der Waals surface area contributed by atoms with E-state index in [-0.39, 0.29) is 5.25 Å². The van der Waals surface area contributed by atoms with E-state index >= 15 is 0 Å². The van der Waals surface area contributed by atoms with Crippen LogP contribution >= 0.6 is 0 Å². The topological polar surface area (TPSA) is 58.2 Å². The third-order valence-electron chi connectivity index (χ3n) is 2.82. The lowest BCUT2D eigenvalue weighted by molar-refractivity contribution is 0.559. The molecule has 0 amide bonds. The molecule has 0 radical (unpaired) electrons. The molecule has 0 unspecified atom stereocenters. The smallest absolute Gasteiger partial charge is 0.214 e. The van der Waals surface area contributed by atoms with Crippen LogP contribution in [0.4, 0.5) is 0 Å². The molecule has 4 nitrogen and oxygen atoms in total. The van der Waals surface area contributed by atoms with Crippen LogP contribution in [-0.2, 0) is 10.0 Å². The monoisotopic (exact) mass is 234 g/mol. The fourth-order valence-corrected chi connectivity index (χ4v) is 3.54. The van der Waals surface area contributed by atoms with Crippen molar-refractivity contribution < 1.29 is 8.42 Å². The Bertz CT molecular complexity index is 259. The fourth-order valence-electron chi connectivity index (χ4n) is 1.92. The molecular formula is C10H22N2O2S. The molecule has 0 atom stereocenters. The molecule has 1 fully saturated rings. The van der Waals surface area contributed by atoms with Crippen LogP contribution in [0.5, 0.6) is 0 Å². The summed E-state index contributed by atoms with van der Waals surface area (Å²) in [5.74, 6) is 0. The predicted molar refractivity (Wildman–Crippen MR) is 62.3 cm³/mol. The summed E-state index contributed by atoms with van der Waals surface area (Å²) in [6.45, 7) is 4.42. The van der Waals surface area contributed by atoms with Gasteiger partial charge in [-0.15, -0.1) is 0 Å². The molecule has 90 valence electrons. The van der Waals surface area contributed by atoms with Gasteiger partial charge in [-0.05, 0) is 32.4 Å². The van der Waals surface area contributed by atoms with E-state index in [1.807, 2.05) is 6.92 Å². The summed E-state index contributed by atoms with van der Waals surface area (Å²) in [6, 6.07) is 0. The van der Waals surface area contributed by atoms with E-state index in [9.17, 15) is 8.42 Å². The lowest BCUT2D eigenvalue weighted by atomic mass is 10.4. The Kier molecular flexibility index (Phi) is 5.56. The van der Waals surface area contributed by atoms with Crippen LogP contribution in [0.1, 0.15) is 39.0 Å². The lowest BCUT2D eigenvalue weighted by Crippen LogP contribution is -2.34. The summed E-state index contributed by atoms with van der Waals surface area (Å²) >= 11 is 0. The van der Waals surface area contributed by atoms with Gasteiger partial charge in [0.05, 0.1) is 5.25 Å². The van der Waals surface area contributed by atoms with Gasteiger partial charge in [0.25, 0.3) is 0 Å². The average molecular weight is 234 g/mol. The summed E-state index contributed by atoms with van der Waals surface area (Å²) in [7, 11) is -3.02. The first-order chi connectivity index (χ1) is 7.17. The summed E-state index contributed by atoms with van der Waals surface area (Å²) in [6.07, 6.45) is 4.65. The molecule has 2 N–H and O–H groups in total. The first kappa shape index (κ1) is 12.9. The second-order valence-corrected chi connectivity index (χ2v) is 6.10. The van der Waals surface area contributed by atoms with Crippen molar-refractivity contribution in [2.24, 2.45) is 0 Å². The Labute approximate surface area is 92.9 Å². The van der Waals surface area contributed by atoms with Crippen molar-refractivity contribution >= 4 is 10.0 Å². The molecule has 0 saturated heterocycles. The number of sulfonamides is 1. The minimum atomic E-state index is -3.02. The van der Waals surface area contributed by atoms with E-state index in [2.05, 4.69) is 10.0 Å². The summed E-state index contributed by atoms with van der Waals surface area (Å²) in [5.41, 5.74) is 0. The second kappa shape index (κ2) is 6.45. The number of rotatable bonds is 7. The van der Waals surface area contributed by atoms with Gasteiger partial charge in [-0.1, -0.05) is 19.8 Å². The van der Waals surface area contributed by atoms with Crippen molar-refractivity contribution in [1.29, 1.82) is 0 Å². The van der Waals surface area contributed by atoms with Crippen LogP contribution < -0.4 is 10.0 Å². The van der Waals surface area contributed by atoms with Gasteiger partial charge in [0, 0.05) is 6.54 Å². The molecule has 1 rings (SSSR count). The minimum absolute atomic E-state index is 0.128. The maximum absolute atomic E-state index is 11.7. The Morgan fingerprint density at radius 3 is 2.47 bits per heavy atom. The van der Waals surface area contributed by atoms with Gasteiger partial charge in [0.2, 0.25) is 10.0 Å². The minimum Gasteiger partial charge on any atom is -0.317 e. The summed E-state index contributed by atoms with van der Waals surface area (Å²) < 4.78 is 26.2. The van der Waals surface area contributed by atoms with E-state index in [4.69, 9.17) is 0 Å². The van der Waals surface area contributed by atoms with Gasteiger partial charge in [0.15, 0.2) is 0 Å². The van der Waals surface area contributed by atoms with E-state index in [0.717, 1.165) is 45.2 Å². The second-order valence-electron chi connectivity index (χ2n) is 4.05. The maximum atomic E-state index is 11.7. The van der Waals surface area contributed by atoms with E-state index in [1.54, 1.807) is 0 Å². The highest BCUT2D eigenvalue weighted by atomic mass is 32.2. The van der Waals surface area contributed by atoms with Crippen molar-refractivity contribution in [2.75, 3.05) is 19.6 Å². The molecule has 1 aliphatic rings. The molecule has 0 aromatic heterocycles. The fraction of sp³-hybridized carbons (Fsp3) is 1.00. The normalized spacial score (nSPS) is 18.5. The van der Waals surface area contributed by atoms with E-state index in [0.29, 0.717) is 6.54 Å². The van der Waals surface area contributed by atoms with Gasteiger partial charge < -0.3 is 5.32 Å².